The fourth-order valence-corrected chi connectivity index (χ4v) is 16.3. The lowest BCUT2D eigenvalue weighted by molar-refractivity contribution is 0.368. The molecule has 55 heavy (non-hydrogen) atoms. The normalized spacial score (nSPS) is 15.3. The van der Waals surface area contributed by atoms with Gasteiger partial charge in [0.1, 0.15) is 21.0 Å². The number of sulfone groups is 1. The first-order chi connectivity index (χ1) is 26.7. The zero-order chi connectivity index (χ0) is 38.2. The van der Waals surface area contributed by atoms with Gasteiger partial charge >= 0.3 is 0 Å². The molecule has 8 rings (SSSR count). The third kappa shape index (κ3) is 6.89. The summed E-state index contributed by atoms with van der Waals surface area (Å²) in [7, 11) is -4.77. The molecule has 4 atom stereocenters. The SMILES string of the molecule is O=S(=O)(C(Cc1cccs1)(c1ccc(Cl)cc1Cl)C(c1ccco1)c1cccs1)C(Cc1cccs1)(c1ccc(Cl)cc1Cl)C(c1ccco1)c1cccs1. The number of hydrogen-bond donors (Lipinski definition) is 0. The minimum atomic E-state index is -4.77. The highest BCUT2D eigenvalue weighted by Crippen LogP contribution is 2.63. The Kier molecular flexibility index (Phi) is 11.3. The van der Waals surface area contributed by atoms with E-state index in [1.54, 1.807) is 61.1 Å². The molecule has 0 aliphatic rings. The van der Waals surface area contributed by atoms with Crippen LogP contribution in [-0.2, 0) is 32.2 Å². The van der Waals surface area contributed by atoms with Gasteiger partial charge in [0.2, 0.25) is 0 Å². The Balaban J connectivity index is 1.62. The van der Waals surface area contributed by atoms with Crippen molar-refractivity contribution in [2.75, 3.05) is 0 Å². The van der Waals surface area contributed by atoms with Crippen molar-refractivity contribution in [2.24, 2.45) is 0 Å². The summed E-state index contributed by atoms with van der Waals surface area (Å²) in [6.45, 7) is 0. The van der Waals surface area contributed by atoms with Crippen molar-refractivity contribution in [2.45, 2.75) is 34.2 Å². The number of rotatable bonds is 14. The Labute approximate surface area is 355 Å². The zero-order valence-electron chi connectivity index (χ0n) is 28.6. The average molecular weight is 901 g/mol. The van der Waals surface area contributed by atoms with Crippen molar-refractivity contribution >= 4 is 102 Å². The molecule has 280 valence electrons. The third-order valence-electron chi connectivity index (χ3n) is 10.0. The molecule has 0 saturated carbocycles. The van der Waals surface area contributed by atoms with E-state index in [2.05, 4.69) is 0 Å². The maximum atomic E-state index is 17.8. The third-order valence-corrected chi connectivity index (χ3v) is 17.9. The largest absolute Gasteiger partial charge is 0.469 e. The van der Waals surface area contributed by atoms with Crippen LogP contribution in [0.3, 0.4) is 0 Å². The number of furan rings is 2. The standard InChI is InChI=1S/C42H30Cl4O4S5/c43-27-13-15-31(33(45)23-27)41(25-29-7-3-19-51-29,39(35-9-1-17-49-35)37-11-5-21-53-37)55(47,48)42(26-30-8-4-20-52-30,32-16-14-28(44)24-34(32)46)40(36-10-2-18-50-36)38-12-6-22-54-38/h1-24,39-40H,25-26H2. The first-order valence-corrected chi connectivity index (χ1v) is 23.5. The lowest BCUT2D eigenvalue weighted by Gasteiger charge is -2.49. The first-order valence-electron chi connectivity index (χ1n) is 17.0. The molecule has 0 amide bonds. The van der Waals surface area contributed by atoms with Crippen LogP contribution in [0.5, 0.6) is 0 Å². The number of halogens is 4. The van der Waals surface area contributed by atoms with Crippen LogP contribution in [0.4, 0.5) is 0 Å². The number of benzene rings is 2. The molecule has 0 fully saturated rings. The van der Waals surface area contributed by atoms with Crippen molar-refractivity contribution in [1.82, 2.24) is 0 Å². The van der Waals surface area contributed by atoms with Gasteiger partial charge in [0.25, 0.3) is 0 Å². The van der Waals surface area contributed by atoms with Crippen molar-refractivity contribution in [3.05, 3.63) is 205 Å². The fourth-order valence-electron chi connectivity index (χ4n) is 7.85. The molecule has 0 aliphatic carbocycles. The van der Waals surface area contributed by atoms with Crippen LogP contribution in [0.1, 0.15) is 54.0 Å². The Morgan fingerprint density at radius 1 is 0.527 bits per heavy atom. The minimum Gasteiger partial charge on any atom is -0.469 e. The Bertz CT molecular complexity index is 2320. The van der Waals surface area contributed by atoms with E-state index in [4.69, 9.17) is 55.2 Å². The van der Waals surface area contributed by atoms with E-state index in [0.29, 0.717) is 32.7 Å². The van der Waals surface area contributed by atoms with E-state index < -0.39 is 31.2 Å². The van der Waals surface area contributed by atoms with Crippen molar-refractivity contribution in [1.29, 1.82) is 0 Å². The summed E-state index contributed by atoms with van der Waals surface area (Å²) in [4.78, 5) is 3.22. The predicted octanol–water partition coefficient (Wildman–Crippen LogP) is 14.4. The summed E-state index contributed by atoms with van der Waals surface area (Å²) < 4.78 is 44.5. The Morgan fingerprint density at radius 3 is 1.27 bits per heavy atom. The molecular formula is C42H30Cl4O4S5. The molecule has 0 radical (unpaired) electrons. The molecule has 4 unspecified atom stereocenters. The van der Waals surface area contributed by atoms with Gasteiger partial charge in [-0.1, -0.05) is 82.8 Å². The zero-order valence-corrected chi connectivity index (χ0v) is 35.7. The fraction of sp³-hybridized carbons (Fsp3) is 0.143. The highest BCUT2D eigenvalue weighted by Gasteiger charge is 2.67. The Morgan fingerprint density at radius 2 is 0.945 bits per heavy atom. The summed E-state index contributed by atoms with van der Waals surface area (Å²) in [5.41, 5.74) is 0.763. The second kappa shape index (κ2) is 16.0. The van der Waals surface area contributed by atoms with Gasteiger partial charge in [-0.2, -0.15) is 0 Å². The molecule has 0 bridgehead atoms. The van der Waals surface area contributed by atoms with Gasteiger partial charge in [-0.25, -0.2) is 8.42 Å². The first kappa shape index (κ1) is 38.8. The summed E-state index contributed by atoms with van der Waals surface area (Å²) in [6.07, 6.45) is 3.22. The van der Waals surface area contributed by atoms with Gasteiger partial charge in [-0.05, 0) is 105 Å². The van der Waals surface area contributed by atoms with Gasteiger partial charge in [-0.3, -0.25) is 0 Å². The molecule has 6 aromatic heterocycles. The summed E-state index contributed by atoms with van der Waals surface area (Å²) in [5, 5.41) is 8.97. The molecule has 6 heterocycles. The van der Waals surface area contributed by atoms with E-state index in [9.17, 15) is 0 Å². The van der Waals surface area contributed by atoms with Crippen LogP contribution in [0.2, 0.25) is 20.1 Å². The Hall–Kier alpha value is -3.09. The monoisotopic (exact) mass is 898 g/mol. The lowest BCUT2D eigenvalue weighted by atomic mass is 9.78. The van der Waals surface area contributed by atoms with E-state index in [1.807, 2.05) is 82.2 Å². The molecular weight excluding hydrogens is 871 g/mol. The molecule has 0 aliphatic heterocycles. The molecule has 0 N–H and O–H groups in total. The maximum absolute atomic E-state index is 17.8. The molecule has 0 spiro atoms. The number of hydrogen-bond acceptors (Lipinski definition) is 8. The maximum Gasteiger partial charge on any atom is 0.173 e. The molecule has 0 saturated heterocycles. The topological polar surface area (TPSA) is 60.4 Å². The molecule has 2 aromatic carbocycles. The quantitative estimate of drug-likeness (QED) is 0.109. The second-order valence-corrected chi connectivity index (χ2v) is 21.1. The number of thiophene rings is 4. The van der Waals surface area contributed by atoms with E-state index in [0.717, 1.165) is 19.5 Å². The van der Waals surface area contributed by atoms with Crippen LogP contribution in [0.25, 0.3) is 0 Å². The molecule has 4 nitrogen and oxygen atoms in total. The van der Waals surface area contributed by atoms with Crippen LogP contribution in [0, 0.1) is 0 Å². The molecule has 13 heteroatoms. The second-order valence-electron chi connectivity index (χ2n) is 13.0. The summed E-state index contributed by atoms with van der Waals surface area (Å²) in [6, 6.07) is 33.0. The molecule has 8 aromatic rings. The average Bonchev–Trinajstić information content (AvgIpc) is 4.01. The van der Waals surface area contributed by atoms with Crippen molar-refractivity contribution < 1.29 is 17.3 Å². The summed E-state index contributed by atoms with van der Waals surface area (Å²) >= 11 is 33.9. The van der Waals surface area contributed by atoms with E-state index in [-0.39, 0.29) is 22.9 Å². The van der Waals surface area contributed by atoms with Crippen LogP contribution < -0.4 is 0 Å². The van der Waals surface area contributed by atoms with Gasteiger partial charge in [0.15, 0.2) is 9.84 Å². The lowest BCUT2D eigenvalue weighted by Crippen LogP contribution is -2.56. The van der Waals surface area contributed by atoms with Gasteiger partial charge in [-0.15, -0.1) is 45.3 Å². The smallest absolute Gasteiger partial charge is 0.173 e. The predicted molar refractivity (Wildman–Crippen MR) is 231 cm³/mol. The van der Waals surface area contributed by atoms with E-state index >= 15 is 8.42 Å². The van der Waals surface area contributed by atoms with Crippen LogP contribution in [0.15, 0.2) is 152 Å². The van der Waals surface area contributed by atoms with Crippen LogP contribution in [-0.4, -0.2) is 8.42 Å². The van der Waals surface area contributed by atoms with Gasteiger partial charge in [0, 0.05) is 52.4 Å². The van der Waals surface area contributed by atoms with Crippen LogP contribution >= 0.6 is 91.8 Å². The highest BCUT2D eigenvalue weighted by molar-refractivity contribution is 7.93. The van der Waals surface area contributed by atoms with Crippen molar-refractivity contribution in [3.63, 3.8) is 0 Å². The van der Waals surface area contributed by atoms with Crippen molar-refractivity contribution in [3.8, 4) is 0 Å². The highest BCUT2D eigenvalue weighted by atomic mass is 35.5. The van der Waals surface area contributed by atoms with Gasteiger partial charge < -0.3 is 8.83 Å². The minimum absolute atomic E-state index is 0.0321. The van der Waals surface area contributed by atoms with Gasteiger partial charge in [0.05, 0.1) is 24.4 Å². The van der Waals surface area contributed by atoms with E-state index in [1.165, 1.54) is 45.3 Å². The summed E-state index contributed by atoms with van der Waals surface area (Å²) in [5.74, 6) is -0.872.